The van der Waals surface area contributed by atoms with Gasteiger partial charge in [0, 0.05) is 6.04 Å². The Labute approximate surface area is 143 Å². The monoisotopic (exact) mass is 330 g/mol. The van der Waals surface area contributed by atoms with E-state index in [0.717, 1.165) is 12.0 Å². The molecule has 0 radical (unpaired) electrons. The number of halogens is 1. The number of anilines is 1. The lowest BCUT2D eigenvalue weighted by molar-refractivity contribution is -0.115. The summed E-state index contributed by atoms with van der Waals surface area (Å²) in [5, 5.41) is 6.62. The summed E-state index contributed by atoms with van der Waals surface area (Å²) in [5.74, 6) is -0.104. The molecule has 0 saturated carbocycles. The molecule has 0 heterocycles. The third-order valence-corrected chi connectivity index (χ3v) is 4.17. The van der Waals surface area contributed by atoms with Crippen molar-refractivity contribution in [3.8, 4) is 0 Å². The highest BCUT2D eigenvalue weighted by Gasteiger charge is 2.09. The molecule has 0 aliphatic heterocycles. The van der Waals surface area contributed by atoms with Gasteiger partial charge in [-0.25, -0.2) is 0 Å². The second kappa shape index (κ2) is 8.14. The molecule has 0 saturated heterocycles. The molecular weight excluding hydrogens is 308 g/mol. The van der Waals surface area contributed by atoms with Crippen molar-refractivity contribution in [1.29, 1.82) is 0 Å². The molecule has 122 valence electrons. The number of hydrogen-bond donors (Lipinski definition) is 2. The van der Waals surface area contributed by atoms with Gasteiger partial charge in [0.2, 0.25) is 5.91 Å². The first kappa shape index (κ1) is 17.5. The van der Waals surface area contributed by atoms with Crippen LogP contribution in [0, 0.1) is 6.92 Å². The van der Waals surface area contributed by atoms with E-state index in [4.69, 9.17) is 11.6 Å². The molecule has 2 aromatic carbocycles. The lowest BCUT2D eigenvalue weighted by Gasteiger charge is -2.15. The minimum absolute atomic E-state index is 0.104. The van der Waals surface area contributed by atoms with E-state index in [1.54, 1.807) is 0 Å². The number of carbonyl (C=O) groups excluding carboxylic acids is 1. The van der Waals surface area contributed by atoms with E-state index in [1.165, 1.54) is 11.1 Å². The van der Waals surface area contributed by atoms with Crippen molar-refractivity contribution in [3.63, 3.8) is 0 Å². The Morgan fingerprint density at radius 1 is 1.17 bits per heavy atom. The van der Waals surface area contributed by atoms with E-state index >= 15 is 0 Å². The smallest absolute Gasteiger partial charge is 0.238 e. The lowest BCUT2D eigenvalue weighted by atomic mass is 10.1. The molecular formula is C19H23ClN2O. The average molecular weight is 331 g/mol. The van der Waals surface area contributed by atoms with Gasteiger partial charge in [0.05, 0.1) is 17.3 Å². The highest BCUT2D eigenvalue weighted by atomic mass is 35.5. The van der Waals surface area contributed by atoms with Crippen molar-refractivity contribution in [2.45, 2.75) is 33.2 Å². The second-order valence-electron chi connectivity index (χ2n) is 5.73. The van der Waals surface area contributed by atoms with Crippen molar-refractivity contribution >= 4 is 23.2 Å². The maximum atomic E-state index is 12.1. The van der Waals surface area contributed by atoms with Crippen molar-refractivity contribution in [3.05, 3.63) is 64.2 Å². The van der Waals surface area contributed by atoms with Crippen LogP contribution < -0.4 is 10.6 Å². The number of carbonyl (C=O) groups is 1. The van der Waals surface area contributed by atoms with Crippen LogP contribution in [0.4, 0.5) is 5.69 Å². The molecule has 0 spiro atoms. The molecule has 0 bridgehead atoms. The molecule has 4 heteroatoms. The molecule has 2 rings (SSSR count). The Hall–Kier alpha value is -1.84. The highest BCUT2D eigenvalue weighted by Crippen LogP contribution is 2.22. The lowest BCUT2D eigenvalue weighted by Crippen LogP contribution is -2.30. The first-order valence-corrected chi connectivity index (χ1v) is 8.25. The minimum Gasteiger partial charge on any atom is -0.324 e. The van der Waals surface area contributed by atoms with Crippen LogP contribution >= 0.6 is 11.6 Å². The molecule has 3 nitrogen and oxygen atoms in total. The van der Waals surface area contributed by atoms with Crippen LogP contribution in [0.2, 0.25) is 5.02 Å². The maximum absolute atomic E-state index is 12.1. The van der Waals surface area contributed by atoms with Crippen LogP contribution in [0.15, 0.2) is 42.5 Å². The SMILES string of the molecule is CCc1ccc([C@H](C)NCC(=O)Nc2ccc(C)cc2Cl)cc1. The summed E-state index contributed by atoms with van der Waals surface area (Å²) in [6.07, 6.45) is 1.03. The van der Waals surface area contributed by atoms with Crippen molar-refractivity contribution < 1.29 is 4.79 Å². The van der Waals surface area contributed by atoms with Crippen molar-refractivity contribution in [2.75, 3.05) is 11.9 Å². The first-order valence-electron chi connectivity index (χ1n) is 7.87. The number of rotatable bonds is 6. The molecule has 1 atom stereocenters. The zero-order valence-corrected chi connectivity index (χ0v) is 14.6. The fourth-order valence-electron chi connectivity index (χ4n) is 2.32. The van der Waals surface area contributed by atoms with E-state index in [0.29, 0.717) is 10.7 Å². The topological polar surface area (TPSA) is 41.1 Å². The van der Waals surface area contributed by atoms with Gasteiger partial charge in [-0.2, -0.15) is 0 Å². The molecule has 2 N–H and O–H groups in total. The summed E-state index contributed by atoms with van der Waals surface area (Å²) in [6, 6.07) is 14.1. The van der Waals surface area contributed by atoms with Gasteiger partial charge in [-0.05, 0) is 49.1 Å². The predicted octanol–water partition coefficient (Wildman–Crippen LogP) is 4.50. The number of hydrogen-bond acceptors (Lipinski definition) is 2. The summed E-state index contributed by atoms with van der Waals surface area (Å²) in [4.78, 5) is 12.1. The third kappa shape index (κ3) is 5.08. The highest BCUT2D eigenvalue weighted by molar-refractivity contribution is 6.33. The number of amides is 1. The van der Waals surface area contributed by atoms with Crippen molar-refractivity contribution in [2.24, 2.45) is 0 Å². The van der Waals surface area contributed by atoms with Gasteiger partial charge in [0.1, 0.15) is 0 Å². The largest absolute Gasteiger partial charge is 0.324 e. The molecule has 0 unspecified atom stereocenters. The molecule has 0 aliphatic rings. The number of benzene rings is 2. The molecule has 1 amide bonds. The maximum Gasteiger partial charge on any atom is 0.238 e. The predicted molar refractivity (Wildman–Crippen MR) is 97.1 cm³/mol. The van der Waals surface area contributed by atoms with Crippen LogP contribution in [0.5, 0.6) is 0 Å². The van der Waals surface area contributed by atoms with Gasteiger partial charge in [-0.1, -0.05) is 48.9 Å². The molecule has 0 aromatic heterocycles. The summed E-state index contributed by atoms with van der Waals surface area (Å²) in [5.41, 5.74) is 4.19. The molecule has 23 heavy (non-hydrogen) atoms. The molecule has 0 aliphatic carbocycles. The van der Waals surface area contributed by atoms with Crippen molar-refractivity contribution in [1.82, 2.24) is 5.32 Å². The van der Waals surface area contributed by atoms with E-state index in [1.807, 2.05) is 32.0 Å². The van der Waals surface area contributed by atoms with Gasteiger partial charge in [0.15, 0.2) is 0 Å². The minimum atomic E-state index is -0.104. The van der Waals surface area contributed by atoms with E-state index in [2.05, 4.69) is 41.8 Å². The van der Waals surface area contributed by atoms with Crippen LogP contribution in [0.25, 0.3) is 0 Å². The molecule has 2 aromatic rings. The van der Waals surface area contributed by atoms with Crippen LogP contribution in [0.3, 0.4) is 0 Å². The van der Waals surface area contributed by atoms with Gasteiger partial charge >= 0.3 is 0 Å². The third-order valence-electron chi connectivity index (χ3n) is 3.86. The van der Waals surface area contributed by atoms with E-state index in [9.17, 15) is 4.79 Å². The van der Waals surface area contributed by atoms with E-state index < -0.39 is 0 Å². The van der Waals surface area contributed by atoms with Gasteiger partial charge in [-0.3, -0.25) is 4.79 Å². The number of nitrogens with one attached hydrogen (secondary N) is 2. The Kier molecular flexibility index (Phi) is 6.20. The molecule has 0 fully saturated rings. The fourth-order valence-corrected chi connectivity index (χ4v) is 2.60. The average Bonchev–Trinajstić information content (AvgIpc) is 2.55. The fraction of sp³-hybridized carbons (Fsp3) is 0.316. The normalized spacial score (nSPS) is 12.0. The van der Waals surface area contributed by atoms with Crippen LogP contribution in [-0.2, 0) is 11.2 Å². The van der Waals surface area contributed by atoms with E-state index in [-0.39, 0.29) is 18.5 Å². The van der Waals surface area contributed by atoms with Gasteiger partial charge < -0.3 is 10.6 Å². The van der Waals surface area contributed by atoms with Gasteiger partial charge in [-0.15, -0.1) is 0 Å². The summed E-state index contributed by atoms with van der Waals surface area (Å²) in [6.45, 7) is 6.38. The Bertz CT molecular complexity index is 668. The number of aryl methyl sites for hydroxylation is 2. The van der Waals surface area contributed by atoms with Gasteiger partial charge in [0.25, 0.3) is 0 Å². The zero-order chi connectivity index (χ0) is 16.8. The summed E-state index contributed by atoms with van der Waals surface area (Å²) >= 11 is 6.13. The standard InChI is InChI=1S/C19H23ClN2O/c1-4-15-6-8-16(9-7-15)14(3)21-12-19(23)22-18-10-5-13(2)11-17(18)20/h5-11,14,21H,4,12H2,1-3H3,(H,22,23)/t14-/m0/s1. The quantitative estimate of drug-likeness (QED) is 0.818. The summed E-state index contributed by atoms with van der Waals surface area (Å²) in [7, 11) is 0. The van der Waals surface area contributed by atoms with Crippen LogP contribution in [0.1, 0.15) is 36.6 Å². The zero-order valence-electron chi connectivity index (χ0n) is 13.8. The van der Waals surface area contributed by atoms with Crippen LogP contribution in [-0.4, -0.2) is 12.5 Å². The Morgan fingerprint density at radius 3 is 2.48 bits per heavy atom. The Morgan fingerprint density at radius 2 is 1.87 bits per heavy atom. The second-order valence-corrected chi connectivity index (χ2v) is 6.14. The summed E-state index contributed by atoms with van der Waals surface area (Å²) < 4.78 is 0. The first-order chi connectivity index (χ1) is 11.0. The Balaban J connectivity index is 1.87.